The minimum absolute atomic E-state index is 0.289. The molecule has 0 radical (unpaired) electrons. The molecule has 2 fully saturated rings. The summed E-state index contributed by atoms with van der Waals surface area (Å²) in [7, 11) is 0. The van der Waals surface area contributed by atoms with E-state index in [-0.39, 0.29) is 11.9 Å². The van der Waals surface area contributed by atoms with E-state index in [2.05, 4.69) is 0 Å². The summed E-state index contributed by atoms with van der Waals surface area (Å²) < 4.78 is 20.1. The van der Waals surface area contributed by atoms with Crippen molar-refractivity contribution >= 4 is 11.9 Å². The van der Waals surface area contributed by atoms with Crippen LogP contribution in [0.25, 0.3) is 0 Å². The van der Waals surface area contributed by atoms with E-state index >= 15 is 0 Å². The molecule has 0 aromatic heterocycles. The predicted molar refractivity (Wildman–Crippen MR) is 68.5 cm³/mol. The Morgan fingerprint density at radius 1 is 0.850 bits per heavy atom. The number of carbonyl (C=O) groups excluding carboxylic acids is 2. The normalized spacial score (nSPS) is 22.2. The second kappa shape index (κ2) is 7.57. The highest BCUT2D eigenvalue weighted by Crippen LogP contribution is 2.13. The number of hydrogen-bond donors (Lipinski definition) is 0. The van der Waals surface area contributed by atoms with Crippen LogP contribution in [0.1, 0.15) is 25.7 Å². The van der Waals surface area contributed by atoms with Gasteiger partial charge in [-0.05, 0) is 12.8 Å². The second-order valence-corrected chi connectivity index (χ2v) is 4.51. The molecule has 0 aromatic rings. The molecule has 0 unspecified atom stereocenters. The van der Waals surface area contributed by atoms with Gasteiger partial charge in [-0.15, -0.1) is 0 Å². The van der Waals surface area contributed by atoms with Gasteiger partial charge < -0.3 is 18.9 Å². The van der Waals surface area contributed by atoms with E-state index in [1.807, 2.05) is 0 Å². The van der Waals surface area contributed by atoms with E-state index < -0.39 is 0 Å². The number of cyclic esters (lactones) is 2. The Morgan fingerprint density at radius 2 is 1.30 bits per heavy atom. The fourth-order valence-electron chi connectivity index (χ4n) is 1.80. The van der Waals surface area contributed by atoms with E-state index in [4.69, 9.17) is 18.9 Å². The summed E-state index contributed by atoms with van der Waals surface area (Å²) in [6, 6.07) is 0. The van der Waals surface area contributed by atoms with Crippen molar-refractivity contribution in [2.45, 2.75) is 25.7 Å². The molecule has 2 heterocycles. The molecule has 6 heteroatoms. The van der Waals surface area contributed by atoms with Crippen LogP contribution in [0, 0.1) is 0 Å². The van der Waals surface area contributed by atoms with Crippen molar-refractivity contribution < 1.29 is 28.5 Å². The van der Waals surface area contributed by atoms with Gasteiger partial charge in [0, 0.05) is 12.8 Å². The lowest BCUT2D eigenvalue weighted by Crippen LogP contribution is -1.99. The average molecular weight is 282 g/mol. The molecule has 0 amide bonds. The molecule has 0 saturated carbocycles. The lowest BCUT2D eigenvalue weighted by Gasteiger charge is -2.03. The third-order valence-corrected chi connectivity index (χ3v) is 2.96. The molecule has 2 aliphatic rings. The number of unbranched alkanes of at least 4 members (excludes halogenated alkanes) is 1. The molecule has 6 nitrogen and oxygen atoms in total. The molecule has 110 valence electrons. The molecule has 0 atom stereocenters. The molecular formula is C14H18O6. The fraction of sp³-hybridized carbons (Fsp3) is 0.571. The van der Waals surface area contributed by atoms with Crippen molar-refractivity contribution in [3.63, 3.8) is 0 Å². The van der Waals surface area contributed by atoms with Gasteiger partial charge in [0.2, 0.25) is 0 Å². The maximum absolute atomic E-state index is 11.1. The Morgan fingerprint density at radius 3 is 1.65 bits per heavy atom. The molecule has 2 rings (SSSR count). The maximum Gasteiger partial charge on any atom is 0.337 e. The second-order valence-electron chi connectivity index (χ2n) is 4.51. The monoisotopic (exact) mass is 282 g/mol. The van der Waals surface area contributed by atoms with Crippen LogP contribution in [0.5, 0.6) is 0 Å². The molecule has 0 aromatic carbocycles. The first kappa shape index (κ1) is 14.4. The van der Waals surface area contributed by atoms with Gasteiger partial charge in [0.05, 0.1) is 50.1 Å². The zero-order valence-corrected chi connectivity index (χ0v) is 11.3. The van der Waals surface area contributed by atoms with Gasteiger partial charge in [-0.3, -0.25) is 0 Å². The number of rotatable bonds is 7. The van der Waals surface area contributed by atoms with Gasteiger partial charge in [0.15, 0.2) is 0 Å². The van der Waals surface area contributed by atoms with Gasteiger partial charge >= 0.3 is 11.9 Å². The highest BCUT2D eigenvalue weighted by molar-refractivity contribution is 5.90. The third-order valence-electron chi connectivity index (χ3n) is 2.96. The van der Waals surface area contributed by atoms with Gasteiger partial charge in [-0.1, -0.05) is 0 Å². The summed E-state index contributed by atoms with van der Waals surface area (Å²) in [5.74, 6) is -0.577. The Labute approximate surface area is 117 Å². The van der Waals surface area contributed by atoms with Gasteiger partial charge in [0.1, 0.15) is 0 Å². The molecule has 0 N–H and O–H groups in total. The highest BCUT2D eigenvalue weighted by Gasteiger charge is 2.19. The first-order chi connectivity index (χ1) is 9.77. The van der Waals surface area contributed by atoms with E-state index in [1.165, 1.54) is 12.5 Å². The molecule has 0 spiro atoms. The summed E-state index contributed by atoms with van der Waals surface area (Å²) >= 11 is 0. The minimum Gasteiger partial charge on any atom is -0.501 e. The predicted octanol–water partition coefficient (Wildman–Crippen LogP) is 1.46. The van der Waals surface area contributed by atoms with Crippen LogP contribution < -0.4 is 0 Å². The Kier molecular flexibility index (Phi) is 5.46. The summed E-state index contributed by atoms with van der Waals surface area (Å²) in [5, 5.41) is 0. The molecular weight excluding hydrogens is 264 g/mol. The number of ether oxygens (including phenoxy) is 4. The van der Waals surface area contributed by atoms with E-state index in [0.717, 1.165) is 12.8 Å². The molecule has 0 bridgehead atoms. The lowest BCUT2D eigenvalue weighted by atomic mass is 10.2. The van der Waals surface area contributed by atoms with E-state index in [1.54, 1.807) is 0 Å². The van der Waals surface area contributed by atoms with Crippen LogP contribution in [0.15, 0.2) is 23.7 Å². The summed E-state index contributed by atoms with van der Waals surface area (Å²) in [5.41, 5.74) is 1.18. The molecule has 20 heavy (non-hydrogen) atoms. The molecule has 0 aliphatic carbocycles. The smallest absolute Gasteiger partial charge is 0.337 e. The average Bonchev–Trinajstić information content (AvgIpc) is 3.02. The van der Waals surface area contributed by atoms with Crippen molar-refractivity contribution in [1.29, 1.82) is 0 Å². The maximum atomic E-state index is 11.1. The van der Waals surface area contributed by atoms with Crippen molar-refractivity contribution in [2.24, 2.45) is 0 Å². The topological polar surface area (TPSA) is 71.1 Å². The quantitative estimate of drug-likeness (QED) is 0.305. The first-order valence-electron chi connectivity index (χ1n) is 6.73. The van der Waals surface area contributed by atoms with Crippen LogP contribution in [0.4, 0.5) is 0 Å². The van der Waals surface area contributed by atoms with Crippen molar-refractivity contribution in [3.8, 4) is 0 Å². The minimum atomic E-state index is -0.289. The summed E-state index contributed by atoms with van der Waals surface area (Å²) in [6.07, 6.45) is 5.82. The van der Waals surface area contributed by atoms with Crippen LogP contribution in [0.2, 0.25) is 0 Å². The van der Waals surface area contributed by atoms with Crippen molar-refractivity contribution in [1.82, 2.24) is 0 Å². The fourth-order valence-corrected chi connectivity index (χ4v) is 1.80. The van der Waals surface area contributed by atoms with Gasteiger partial charge in [-0.2, -0.15) is 0 Å². The van der Waals surface area contributed by atoms with E-state index in [9.17, 15) is 9.59 Å². The van der Waals surface area contributed by atoms with Crippen molar-refractivity contribution in [2.75, 3.05) is 26.4 Å². The van der Waals surface area contributed by atoms with Crippen molar-refractivity contribution in [3.05, 3.63) is 23.7 Å². The Balaban J connectivity index is 1.50. The standard InChI is InChI=1S/C14H18O6/c15-13-11(3-7-19-13)9-17-5-1-2-6-18-10-12-4-8-20-14(12)16/h9-10H,1-8H2/b11-9+,12-10+. The van der Waals surface area contributed by atoms with E-state index in [0.29, 0.717) is 50.4 Å². The van der Waals surface area contributed by atoms with Crippen LogP contribution in [0.3, 0.4) is 0 Å². The Hall–Kier alpha value is -1.98. The lowest BCUT2D eigenvalue weighted by molar-refractivity contribution is -0.136. The van der Waals surface area contributed by atoms with Crippen LogP contribution in [-0.2, 0) is 28.5 Å². The summed E-state index contributed by atoms with van der Waals surface area (Å²) in [4.78, 5) is 22.2. The summed E-state index contributed by atoms with van der Waals surface area (Å²) in [6.45, 7) is 1.94. The highest BCUT2D eigenvalue weighted by atomic mass is 16.5. The SMILES string of the molecule is O=C1OCC/C1=C\OCCCCO/C=C1\CCOC1=O. The van der Waals surface area contributed by atoms with Gasteiger partial charge in [-0.25, -0.2) is 9.59 Å². The zero-order chi connectivity index (χ0) is 14.2. The number of hydrogen-bond acceptors (Lipinski definition) is 6. The number of esters is 2. The van der Waals surface area contributed by atoms with Crippen LogP contribution in [-0.4, -0.2) is 38.4 Å². The number of carbonyl (C=O) groups is 2. The third kappa shape index (κ3) is 4.29. The Bertz CT molecular complexity index is 383. The molecule has 2 saturated heterocycles. The first-order valence-corrected chi connectivity index (χ1v) is 6.73. The zero-order valence-electron chi connectivity index (χ0n) is 11.3. The van der Waals surface area contributed by atoms with Crippen LogP contribution >= 0.6 is 0 Å². The van der Waals surface area contributed by atoms with Gasteiger partial charge in [0.25, 0.3) is 0 Å². The molecule has 2 aliphatic heterocycles. The largest absolute Gasteiger partial charge is 0.501 e.